The van der Waals surface area contributed by atoms with Gasteiger partial charge in [0.25, 0.3) is 11.6 Å². The van der Waals surface area contributed by atoms with Gasteiger partial charge in [-0.2, -0.15) is 0 Å². The van der Waals surface area contributed by atoms with Gasteiger partial charge in [-0.15, -0.1) is 0 Å². The highest BCUT2D eigenvalue weighted by atomic mass is 79.9. The van der Waals surface area contributed by atoms with Crippen molar-refractivity contribution < 1.29 is 19.6 Å². The number of thiocarbonyl (C=S) groups is 1. The molecule has 1 amide bonds. The second-order valence-electron chi connectivity index (χ2n) is 4.71. The molecule has 0 aliphatic heterocycles. The summed E-state index contributed by atoms with van der Waals surface area (Å²) in [6.45, 7) is 0. The Kier molecular flexibility index (Phi) is 5.88. The van der Waals surface area contributed by atoms with Gasteiger partial charge >= 0.3 is 0 Å². The number of phenols is 1. The molecule has 0 aliphatic carbocycles. The van der Waals surface area contributed by atoms with Crippen molar-refractivity contribution >= 4 is 50.5 Å². The minimum Gasteiger partial charge on any atom is -0.506 e. The number of carbonyl (C=O) groups excluding carboxylic acids is 1. The Balaban J connectivity index is 2.15. The lowest BCUT2D eigenvalue weighted by Gasteiger charge is -2.12. The second-order valence-corrected chi connectivity index (χ2v) is 6.04. The molecule has 0 heterocycles. The Morgan fingerprint density at radius 2 is 2.04 bits per heavy atom. The molecule has 2 aromatic carbocycles. The zero-order valence-electron chi connectivity index (χ0n) is 12.8. The van der Waals surface area contributed by atoms with Gasteiger partial charge in [0.15, 0.2) is 5.11 Å². The molecule has 0 unspecified atom stereocenters. The third-order valence-corrected chi connectivity index (χ3v) is 3.77. The zero-order valence-corrected chi connectivity index (χ0v) is 15.2. The largest absolute Gasteiger partial charge is 0.506 e. The van der Waals surface area contributed by atoms with E-state index in [1.165, 1.54) is 7.11 Å². The number of carbonyl (C=O) groups is 1. The first-order valence-corrected chi connectivity index (χ1v) is 7.95. The minimum absolute atomic E-state index is 0.000655. The normalized spacial score (nSPS) is 10.0. The fourth-order valence-corrected chi connectivity index (χ4v) is 2.48. The quantitative estimate of drug-likeness (QED) is 0.298. The summed E-state index contributed by atoms with van der Waals surface area (Å²) in [6.07, 6.45) is 0. The van der Waals surface area contributed by atoms with Gasteiger partial charge in [-0.05, 0) is 36.5 Å². The number of phenolic OH excluding ortho intramolecular Hbond substituents is 1. The van der Waals surface area contributed by atoms with Crippen molar-refractivity contribution in [3.63, 3.8) is 0 Å². The van der Waals surface area contributed by atoms with Crippen LogP contribution in [0.4, 0.5) is 11.4 Å². The van der Waals surface area contributed by atoms with Crippen molar-refractivity contribution in [1.29, 1.82) is 0 Å². The number of aromatic hydroxyl groups is 1. The summed E-state index contributed by atoms with van der Waals surface area (Å²) in [5.74, 6) is -0.440. The molecule has 0 saturated heterocycles. The van der Waals surface area contributed by atoms with Crippen LogP contribution in [-0.4, -0.2) is 28.2 Å². The van der Waals surface area contributed by atoms with Crippen molar-refractivity contribution in [2.45, 2.75) is 0 Å². The van der Waals surface area contributed by atoms with Gasteiger partial charge in [-0.3, -0.25) is 20.2 Å². The molecule has 130 valence electrons. The molecule has 0 aromatic heterocycles. The first-order valence-electron chi connectivity index (χ1n) is 6.75. The maximum atomic E-state index is 12.3. The van der Waals surface area contributed by atoms with E-state index < -0.39 is 10.8 Å². The number of nitrogens with zero attached hydrogens (tertiary/aromatic N) is 1. The van der Waals surface area contributed by atoms with Crippen LogP contribution in [-0.2, 0) is 0 Å². The average Bonchev–Trinajstić information content (AvgIpc) is 2.56. The number of anilines is 1. The molecule has 2 aromatic rings. The lowest BCUT2D eigenvalue weighted by molar-refractivity contribution is -0.384. The molecule has 0 saturated carbocycles. The van der Waals surface area contributed by atoms with E-state index >= 15 is 0 Å². The summed E-state index contributed by atoms with van der Waals surface area (Å²) < 4.78 is 5.80. The summed E-state index contributed by atoms with van der Waals surface area (Å²) in [5, 5.41) is 25.4. The van der Waals surface area contributed by atoms with Crippen LogP contribution in [0, 0.1) is 10.1 Å². The van der Waals surface area contributed by atoms with Crippen LogP contribution in [0.3, 0.4) is 0 Å². The van der Waals surface area contributed by atoms with E-state index in [0.29, 0.717) is 10.2 Å². The molecule has 10 heteroatoms. The van der Waals surface area contributed by atoms with Crippen molar-refractivity contribution in [1.82, 2.24) is 5.32 Å². The smallest absolute Gasteiger partial charge is 0.271 e. The summed E-state index contributed by atoms with van der Waals surface area (Å²) in [6, 6.07) is 8.29. The van der Waals surface area contributed by atoms with E-state index in [0.717, 1.165) is 18.2 Å². The van der Waals surface area contributed by atoms with Gasteiger partial charge in [0, 0.05) is 16.6 Å². The standard InChI is InChI=1S/C15H12BrN3O5S/c1-24-13-5-2-8(16)6-10(13)14(21)18-15(25)17-11-7-9(19(22)23)3-4-12(11)20/h2-7,20H,1H3,(H2,17,18,21,25). The molecule has 0 aliphatic rings. The number of ether oxygens (including phenoxy) is 1. The van der Waals surface area contributed by atoms with Gasteiger partial charge in [-0.1, -0.05) is 15.9 Å². The lowest BCUT2D eigenvalue weighted by Crippen LogP contribution is -2.34. The lowest BCUT2D eigenvalue weighted by atomic mass is 10.2. The first kappa shape index (κ1) is 18.6. The van der Waals surface area contributed by atoms with E-state index in [4.69, 9.17) is 17.0 Å². The van der Waals surface area contributed by atoms with E-state index in [1.807, 2.05) is 0 Å². The van der Waals surface area contributed by atoms with Crippen LogP contribution in [0.15, 0.2) is 40.9 Å². The molecule has 8 nitrogen and oxygen atoms in total. The van der Waals surface area contributed by atoms with Crippen molar-refractivity contribution in [2.75, 3.05) is 12.4 Å². The predicted octanol–water partition coefficient (Wildman–Crippen LogP) is 3.20. The number of methoxy groups -OCH3 is 1. The van der Waals surface area contributed by atoms with Crippen LogP contribution in [0.1, 0.15) is 10.4 Å². The van der Waals surface area contributed by atoms with Crippen LogP contribution in [0.2, 0.25) is 0 Å². The Morgan fingerprint density at radius 1 is 1.32 bits per heavy atom. The number of rotatable bonds is 4. The van der Waals surface area contributed by atoms with Crippen LogP contribution >= 0.6 is 28.1 Å². The topological polar surface area (TPSA) is 114 Å². The summed E-state index contributed by atoms with van der Waals surface area (Å²) >= 11 is 8.28. The third kappa shape index (κ3) is 4.64. The number of amides is 1. The van der Waals surface area contributed by atoms with E-state index in [2.05, 4.69) is 26.6 Å². The molecule has 2 rings (SSSR count). The Bertz CT molecular complexity index is 859. The highest BCUT2D eigenvalue weighted by Crippen LogP contribution is 2.28. The number of halogens is 1. The molecular formula is C15H12BrN3O5S. The fraction of sp³-hybridized carbons (Fsp3) is 0.0667. The molecule has 0 radical (unpaired) electrons. The zero-order chi connectivity index (χ0) is 18.6. The number of nitro benzene ring substituents is 1. The van der Waals surface area contributed by atoms with Gasteiger partial charge in [0.05, 0.1) is 23.3 Å². The SMILES string of the molecule is COc1ccc(Br)cc1C(=O)NC(=S)Nc1cc([N+](=O)[O-])ccc1O. The Labute approximate surface area is 156 Å². The molecule has 0 atom stereocenters. The predicted molar refractivity (Wildman–Crippen MR) is 99.1 cm³/mol. The highest BCUT2D eigenvalue weighted by molar-refractivity contribution is 9.10. The van der Waals surface area contributed by atoms with Crippen LogP contribution in [0.25, 0.3) is 0 Å². The van der Waals surface area contributed by atoms with Crippen LogP contribution < -0.4 is 15.4 Å². The Morgan fingerprint density at radius 3 is 2.68 bits per heavy atom. The Hall–Kier alpha value is -2.72. The number of hydrogen-bond donors (Lipinski definition) is 3. The third-order valence-electron chi connectivity index (χ3n) is 3.07. The molecule has 0 fully saturated rings. The fourth-order valence-electron chi connectivity index (χ4n) is 1.92. The highest BCUT2D eigenvalue weighted by Gasteiger charge is 2.16. The molecule has 3 N–H and O–H groups in total. The maximum Gasteiger partial charge on any atom is 0.271 e. The average molecular weight is 426 g/mol. The van der Waals surface area contributed by atoms with Gasteiger partial charge in [0.2, 0.25) is 0 Å². The van der Waals surface area contributed by atoms with Gasteiger partial charge in [-0.25, -0.2) is 0 Å². The number of nitrogens with one attached hydrogen (secondary N) is 2. The summed E-state index contributed by atoms with van der Waals surface area (Å²) in [7, 11) is 1.43. The molecular weight excluding hydrogens is 414 g/mol. The second kappa shape index (κ2) is 7.90. The minimum atomic E-state index is -0.612. The van der Waals surface area contributed by atoms with Gasteiger partial charge < -0.3 is 15.2 Å². The summed E-state index contributed by atoms with van der Waals surface area (Å²) in [5.41, 5.74) is 0.00748. The van der Waals surface area contributed by atoms with Crippen molar-refractivity contribution in [3.05, 3.63) is 56.5 Å². The van der Waals surface area contributed by atoms with Gasteiger partial charge in [0.1, 0.15) is 11.5 Å². The first-order chi connectivity index (χ1) is 11.8. The maximum absolute atomic E-state index is 12.3. The van der Waals surface area contributed by atoms with E-state index in [-0.39, 0.29) is 27.8 Å². The number of hydrogen-bond acceptors (Lipinski definition) is 6. The molecule has 0 bridgehead atoms. The summed E-state index contributed by atoms with van der Waals surface area (Å²) in [4.78, 5) is 22.5. The van der Waals surface area contributed by atoms with Crippen molar-refractivity contribution in [2.24, 2.45) is 0 Å². The van der Waals surface area contributed by atoms with Crippen molar-refractivity contribution in [3.8, 4) is 11.5 Å². The number of benzene rings is 2. The molecule has 25 heavy (non-hydrogen) atoms. The molecule has 0 spiro atoms. The number of nitro groups is 1. The number of non-ortho nitro benzene ring substituents is 1. The van der Waals surface area contributed by atoms with E-state index in [1.54, 1.807) is 18.2 Å². The van der Waals surface area contributed by atoms with Crippen LogP contribution in [0.5, 0.6) is 11.5 Å². The van der Waals surface area contributed by atoms with E-state index in [9.17, 15) is 20.0 Å². The monoisotopic (exact) mass is 425 g/mol.